The molecule has 122 valence electrons. The van der Waals surface area contributed by atoms with Crippen LogP contribution >= 0.6 is 0 Å². The number of carbonyl (C=O) groups excluding carboxylic acids is 1. The summed E-state index contributed by atoms with van der Waals surface area (Å²) in [4.78, 5) is 20.6. The zero-order valence-corrected chi connectivity index (χ0v) is 13.0. The van der Waals surface area contributed by atoms with E-state index in [0.717, 1.165) is 6.54 Å². The lowest BCUT2D eigenvalue weighted by Gasteiger charge is -2.21. The Hall–Kier alpha value is -2.88. The summed E-state index contributed by atoms with van der Waals surface area (Å²) in [7, 11) is 0. The van der Waals surface area contributed by atoms with Crippen molar-refractivity contribution in [3.05, 3.63) is 42.0 Å². The Morgan fingerprint density at radius 1 is 1.33 bits per heavy atom. The molecule has 6 nitrogen and oxygen atoms in total. The Balaban J connectivity index is 1.49. The van der Waals surface area contributed by atoms with Crippen LogP contribution in [-0.2, 0) is 11.3 Å². The van der Waals surface area contributed by atoms with Gasteiger partial charge in [-0.3, -0.25) is 9.69 Å². The molecule has 3 heterocycles. The van der Waals surface area contributed by atoms with E-state index in [1.807, 2.05) is 21.7 Å². The zero-order chi connectivity index (χ0) is 16.7. The number of fused-ring (bicyclic) bond motifs is 1. The first-order valence-corrected chi connectivity index (χ1v) is 7.94. The number of hydrogen-bond donors (Lipinski definition) is 0. The second kappa shape index (κ2) is 5.64. The van der Waals surface area contributed by atoms with Crippen LogP contribution in [0.2, 0.25) is 0 Å². The molecule has 0 aliphatic carbocycles. The van der Waals surface area contributed by atoms with E-state index in [4.69, 9.17) is 5.26 Å². The van der Waals surface area contributed by atoms with Crippen LogP contribution in [0.1, 0.15) is 12.0 Å². The fraction of sp³-hybridized carbons (Fsp3) is 0.353. The number of nitrogens with zero attached hydrogens (tertiary/aromatic N) is 5. The molecule has 0 spiro atoms. The van der Waals surface area contributed by atoms with Crippen LogP contribution in [0.5, 0.6) is 0 Å². The Morgan fingerprint density at radius 3 is 3.00 bits per heavy atom. The molecule has 2 aliphatic rings. The first kappa shape index (κ1) is 14.7. The molecule has 0 radical (unpaired) electrons. The van der Waals surface area contributed by atoms with Gasteiger partial charge in [0, 0.05) is 38.6 Å². The van der Waals surface area contributed by atoms with Gasteiger partial charge in [-0.15, -0.1) is 0 Å². The largest absolute Gasteiger partial charge is 0.368 e. The van der Waals surface area contributed by atoms with Crippen molar-refractivity contribution in [1.82, 2.24) is 9.55 Å². The van der Waals surface area contributed by atoms with E-state index < -0.39 is 5.82 Å². The van der Waals surface area contributed by atoms with Crippen LogP contribution in [0.15, 0.2) is 30.6 Å². The van der Waals surface area contributed by atoms with Crippen LogP contribution in [0.4, 0.5) is 16.0 Å². The van der Waals surface area contributed by atoms with E-state index in [1.54, 1.807) is 23.2 Å². The molecule has 4 rings (SSSR count). The third-order valence-corrected chi connectivity index (χ3v) is 4.72. The summed E-state index contributed by atoms with van der Waals surface area (Å²) in [6, 6.07) is 6.38. The average molecular weight is 325 g/mol. The maximum absolute atomic E-state index is 14.2. The van der Waals surface area contributed by atoms with Gasteiger partial charge in [0.2, 0.25) is 11.9 Å². The molecular formula is C17H16FN5O. The summed E-state index contributed by atoms with van der Waals surface area (Å²) in [5.74, 6) is 0.168. The van der Waals surface area contributed by atoms with Gasteiger partial charge < -0.3 is 9.47 Å². The second-order valence-corrected chi connectivity index (χ2v) is 6.12. The van der Waals surface area contributed by atoms with Crippen LogP contribution in [-0.4, -0.2) is 35.1 Å². The number of aromatic nitrogens is 2. The van der Waals surface area contributed by atoms with Crippen LogP contribution in [0.3, 0.4) is 0 Å². The summed E-state index contributed by atoms with van der Waals surface area (Å²) in [5.41, 5.74) is 0.749. The summed E-state index contributed by atoms with van der Waals surface area (Å²) in [5, 5.41) is 8.83. The van der Waals surface area contributed by atoms with Gasteiger partial charge in [0.05, 0.1) is 23.2 Å². The minimum atomic E-state index is -0.418. The third-order valence-electron chi connectivity index (χ3n) is 4.72. The highest BCUT2D eigenvalue weighted by Crippen LogP contribution is 2.29. The normalized spacial score (nSPS) is 19.4. The van der Waals surface area contributed by atoms with E-state index in [9.17, 15) is 9.18 Å². The van der Waals surface area contributed by atoms with E-state index in [-0.39, 0.29) is 11.8 Å². The quantitative estimate of drug-likeness (QED) is 0.844. The summed E-state index contributed by atoms with van der Waals surface area (Å²) >= 11 is 0. The standard InChI is InChI=1S/C17H16FN5O/c18-14-9-12(10-19)1-2-15(14)22-5-3-13(11-22)16(24)23-8-7-21-6-4-20-17(21)23/h1-2,4,6,9,13H,3,5,7-8,11H2. The number of anilines is 2. The number of rotatable bonds is 2. The van der Waals surface area contributed by atoms with Crippen molar-refractivity contribution >= 4 is 17.5 Å². The molecule has 1 aromatic heterocycles. The number of hydrogen-bond acceptors (Lipinski definition) is 4. The second-order valence-electron chi connectivity index (χ2n) is 6.12. The van der Waals surface area contributed by atoms with E-state index in [1.165, 1.54) is 6.07 Å². The summed E-state index contributed by atoms with van der Waals surface area (Å²) in [6.07, 6.45) is 4.26. The van der Waals surface area contributed by atoms with Gasteiger partial charge in [-0.1, -0.05) is 0 Å². The molecule has 0 N–H and O–H groups in total. The SMILES string of the molecule is N#Cc1ccc(N2CCC(C(=O)N3CCn4ccnc43)C2)c(F)c1. The molecule has 1 atom stereocenters. The molecule has 0 bridgehead atoms. The molecule has 2 aromatic rings. The Morgan fingerprint density at radius 2 is 2.21 bits per heavy atom. The van der Waals surface area contributed by atoms with Crippen molar-refractivity contribution < 1.29 is 9.18 Å². The maximum Gasteiger partial charge on any atom is 0.234 e. The fourth-order valence-electron chi connectivity index (χ4n) is 3.47. The summed E-state index contributed by atoms with van der Waals surface area (Å²) < 4.78 is 16.1. The maximum atomic E-state index is 14.2. The van der Waals surface area contributed by atoms with E-state index >= 15 is 0 Å². The molecule has 2 aliphatic heterocycles. The van der Waals surface area contributed by atoms with Crippen molar-refractivity contribution in [2.24, 2.45) is 5.92 Å². The first-order valence-electron chi connectivity index (χ1n) is 7.94. The number of nitriles is 1. The molecule has 7 heteroatoms. The Labute approximate surface area is 138 Å². The lowest BCUT2D eigenvalue weighted by Crippen LogP contribution is -2.36. The Kier molecular flexibility index (Phi) is 3.45. The number of benzene rings is 1. The highest BCUT2D eigenvalue weighted by Gasteiger charge is 2.36. The molecule has 1 unspecified atom stereocenters. The molecule has 24 heavy (non-hydrogen) atoms. The average Bonchev–Trinajstić information content (AvgIpc) is 3.30. The minimum Gasteiger partial charge on any atom is -0.368 e. The topological polar surface area (TPSA) is 65.2 Å². The number of halogens is 1. The van der Waals surface area contributed by atoms with Gasteiger partial charge in [0.1, 0.15) is 5.82 Å². The number of carbonyl (C=O) groups is 1. The monoisotopic (exact) mass is 325 g/mol. The fourth-order valence-corrected chi connectivity index (χ4v) is 3.47. The number of amides is 1. The van der Waals surface area contributed by atoms with E-state index in [0.29, 0.717) is 43.3 Å². The van der Waals surface area contributed by atoms with E-state index in [2.05, 4.69) is 4.98 Å². The molecule has 0 saturated carbocycles. The highest BCUT2D eigenvalue weighted by molar-refractivity contribution is 5.94. The van der Waals surface area contributed by atoms with Crippen molar-refractivity contribution in [3.8, 4) is 6.07 Å². The van der Waals surface area contributed by atoms with Gasteiger partial charge in [-0.2, -0.15) is 5.26 Å². The van der Waals surface area contributed by atoms with Gasteiger partial charge in [-0.25, -0.2) is 9.37 Å². The van der Waals surface area contributed by atoms with Gasteiger partial charge in [0.15, 0.2) is 0 Å². The molecular weight excluding hydrogens is 309 g/mol. The third kappa shape index (κ3) is 2.31. The van der Waals surface area contributed by atoms with Crippen molar-refractivity contribution in [2.75, 3.05) is 29.4 Å². The Bertz CT molecular complexity index is 840. The predicted octanol–water partition coefficient (Wildman–Crippen LogP) is 1.77. The van der Waals surface area contributed by atoms with Crippen molar-refractivity contribution in [3.63, 3.8) is 0 Å². The van der Waals surface area contributed by atoms with Gasteiger partial charge in [0.25, 0.3) is 0 Å². The lowest BCUT2D eigenvalue weighted by atomic mass is 10.1. The van der Waals surface area contributed by atoms with Gasteiger partial charge >= 0.3 is 0 Å². The smallest absolute Gasteiger partial charge is 0.234 e. The van der Waals surface area contributed by atoms with Crippen molar-refractivity contribution in [1.29, 1.82) is 5.26 Å². The minimum absolute atomic E-state index is 0.0523. The first-order chi connectivity index (χ1) is 11.7. The van der Waals surface area contributed by atoms with Crippen molar-refractivity contribution in [2.45, 2.75) is 13.0 Å². The van der Waals surface area contributed by atoms with Crippen LogP contribution < -0.4 is 9.80 Å². The molecule has 1 aromatic carbocycles. The van der Waals surface area contributed by atoms with Gasteiger partial charge in [-0.05, 0) is 24.6 Å². The molecule has 1 amide bonds. The summed E-state index contributed by atoms with van der Waals surface area (Å²) in [6.45, 7) is 2.52. The number of imidazole rings is 1. The highest BCUT2D eigenvalue weighted by atomic mass is 19.1. The van der Waals surface area contributed by atoms with Crippen LogP contribution in [0.25, 0.3) is 0 Å². The molecule has 1 fully saturated rings. The molecule has 1 saturated heterocycles. The predicted molar refractivity (Wildman–Crippen MR) is 86.0 cm³/mol. The lowest BCUT2D eigenvalue weighted by molar-refractivity contribution is -0.121. The van der Waals surface area contributed by atoms with Crippen LogP contribution in [0, 0.1) is 23.1 Å². The zero-order valence-electron chi connectivity index (χ0n) is 13.0.